The molecular formula is C27H35N3O3. The SMILES string of the molecule is COC1(COc2ccc(C)cc2)CCCN(Cc2ccc(OCc3nccn3C)cc2)CC1. The van der Waals surface area contributed by atoms with Crippen molar-refractivity contribution >= 4 is 0 Å². The molecule has 1 saturated heterocycles. The molecule has 1 aromatic heterocycles. The molecule has 0 aliphatic carbocycles. The zero-order valence-corrected chi connectivity index (χ0v) is 20.0. The Morgan fingerprint density at radius 1 is 0.939 bits per heavy atom. The van der Waals surface area contributed by atoms with E-state index in [-0.39, 0.29) is 5.60 Å². The first-order chi connectivity index (χ1) is 16.0. The van der Waals surface area contributed by atoms with E-state index in [0.717, 1.165) is 56.2 Å². The maximum Gasteiger partial charge on any atom is 0.146 e. The molecule has 2 heterocycles. The molecule has 3 aromatic rings. The van der Waals surface area contributed by atoms with E-state index >= 15 is 0 Å². The van der Waals surface area contributed by atoms with Gasteiger partial charge in [-0.1, -0.05) is 29.8 Å². The maximum absolute atomic E-state index is 6.11. The third kappa shape index (κ3) is 6.36. The molecule has 0 saturated carbocycles. The molecule has 1 aliphatic rings. The zero-order chi connectivity index (χ0) is 23.1. The fraction of sp³-hybridized carbons (Fsp3) is 0.444. The number of ether oxygens (including phenoxy) is 3. The molecule has 2 aromatic carbocycles. The lowest BCUT2D eigenvalue weighted by Gasteiger charge is -2.31. The Balaban J connectivity index is 1.28. The van der Waals surface area contributed by atoms with Crippen LogP contribution in [-0.2, 0) is 24.9 Å². The van der Waals surface area contributed by atoms with Gasteiger partial charge >= 0.3 is 0 Å². The Kier molecular flexibility index (Phi) is 7.68. The molecule has 0 bridgehead atoms. The molecule has 1 atom stereocenters. The molecule has 1 fully saturated rings. The van der Waals surface area contributed by atoms with E-state index in [9.17, 15) is 0 Å². The highest BCUT2D eigenvalue weighted by Gasteiger charge is 2.33. The molecule has 6 nitrogen and oxygen atoms in total. The summed E-state index contributed by atoms with van der Waals surface area (Å²) in [5.74, 6) is 2.68. The number of methoxy groups -OCH3 is 1. The Hall–Kier alpha value is -2.83. The van der Waals surface area contributed by atoms with E-state index < -0.39 is 0 Å². The molecule has 33 heavy (non-hydrogen) atoms. The van der Waals surface area contributed by atoms with Gasteiger partial charge in [0.25, 0.3) is 0 Å². The van der Waals surface area contributed by atoms with Crippen molar-refractivity contribution in [2.75, 3.05) is 26.8 Å². The zero-order valence-electron chi connectivity index (χ0n) is 20.0. The van der Waals surface area contributed by atoms with Gasteiger partial charge in [-0.2, -0.15) is 0 Å². The summed E-state index contributed by atoms with van der Waals surface area (Å²) in [4.78, 5) is 6.81. The highest BCUT2D eigenvalue weighted by molar-refractivity contribution is 5.28. The third-order valence-corrected chi connectivity index (χ3v) is 6.56. The molecule has 1 unspecified atom stereocenters. The van der Waals surface area contributed by atoms with Crippen LogP contribution in [0.1, 0.15) is 36.2 Å². The average molecular weight is 450 g/mol. The molecule has 176 valence electrons. The van der Waals surface area contributed by atoms with Crippen LogP contribution >= 0.6 is 0 Å². The Morgan fingerprint density at radius 3 is 2.36 bits per heavy atom. The van der Waals surface area contributed by atoms with Crippen LogP contribution in [0.3, 0.4) is 0 Å². The van der Waals surface area contributed by atoms with E-state index in [0.29, 0.717) is 13.2 Å². The molecule has 6 heteroatoms. The summed E-state index contributed by atoms with van der Waals surface area (Å²) in [6, 6.07) is 16.6. The Morgan fingerprint density at radius 2 is 1.67 bits per heavy atom. The van der Waals surface area contributed by atoms with Gasteiger partial charge in [0.05, 0.1) is 0 Å². The first-order valence-electron chi connectivity index (χ1n) is 11.7. The highest BCUT2D eigenvalue weighted by Crippen LogP contribution is 2.28. The topological polar surface area (TPSA) is 48.8 Å². The van der Waals surface area contributed by atoms with Crippen LogP contribution in [0, 0.1) is 6.92 Å². The lowest BCUT2D eigenvalue weighted by Crippen LogP contribution is -2.39. The predicted molar refractivity (Wildman–Crippen MR) is 130 cm³/mol. The summed E-state index contributed by atoms with van der Waals surface area (Å²) >= 11 is 0. The average Bonchev–Trinajstić information content (AvgIpc) is 3.14. The number of likely N-dealkylation sites (tertiary alicyclic amines) is 1. The highest BCUT2D eigenvalue weighted by atomic mass is 16.5. The van der Waals surface area contributed by atoms with Crippen molar-refractivity contribution in [2.45, 2.75) is 44.9 Å². The molecule has 1 aliphatic heterocycles. The van der Waals surface area contributed by atoms with Crippen LogP contribution in [0.2, 0.25) is 0 Å². The fourth-order valence-corrected chi connectivity index (χ4v) is 4.27. The van der Waals surface area contributed by atoms with E-state index in [4.69, 9.17) is 14.2 Å². The molecule has 0 amide bonds. The van der Waals surface area contributed by atoms with Gasteiger partial charge in [-0.05, 0) is 62.6 Å². The van der Waals surface area contributed by atoms with Crippen molar-refractivity contribution in [3.63, 3.8) is 0 Å². The van der Waals surface area contributed by atoms with Crippen LogP contribution in [0.4, 0.5) is 0 Å². The smallest absolute Gasteiger partial charge is 0.146 e. The number of imidazole rings is 1. The van der Waals surface area contributed by atoms with Crippen molar-refractivity contribution in [3.05, 3.63) is 77.9 Å². The van der Waals surface area contributed by atoms with E-state index in [1.54, 1.807) is 6.20 Å². The van der Waals surface area contributed by atoms with Crippen molar-refractivity contribution in [2.24, 2.45) is 7.05 Å². The molecule has 0 radical (unpaired) electrons. The number of benzene rings is 2. The first kappa shape index (κ1) is 23.3. The van der Waals surface area contributed by atoms with Crippen LogP contribution < -0.4 is 9.47 Å². The molecule has 0 spiro atoms. The number of nitrogens with zero attached hydrogens (tertiary/aromatic N) is 3. The summed E-state index contributed by atoms with van der Waals surface area (Å²) in [6.07, 6.45) is 6.77. The lowest BCUT2D eigenvalue weighted by molar-refractivity contribution is -0.0541. The second-order valence-electron chi connectivity index (χ2n) is 9.01. The van der Waals surface area contributed by atoms with Crippen LogP contribution in [0.25, 0.3) is 0 Å². The minimum Gasteiger partial charge on any atom is -0.491 e. The van der Waals surface area contributed by atoms with E-state index in [1.807, 2.05) is 49.2 Å². The normalized spacial score (nSPS) is 19.2. The first-order valence-corrected chi connectivity index (χ1v) is 11.7. The van der Waals surface area contributed by atoms with Crippen molar-refractivity contribution < 1.29 is 14.2 Å². The van der Waals surface area contributed by atoms with Gasteiger partial charge in [-0.25, -0.2) is 4.98 Å². The van der Waals surface area contributed by atoms with Gasteiger partial charge in [0.1, 0.15) is 36.1 Å². The van der Waals surface area contributed by atoms with Gasteiger partial charge in [0, 0.05) is 39.6 Å². The van der Waals surface area contributed by atoms with Gasteiger partial charge in [0.2, 0.25) is 0 Å². The molecule has 0 N–H and O–H groups in total. The number of aryl methyl sites for hydroxylation is 2. The summed E-state index contributed by atoms with van der Waals surface area (Å²) < 4.78 is 20.0. The maximum atomic E-state index is 6.11. The molecule has 4 rings (SSSR count). The van der Waals surface area contributed by atoms with Gasteiger partial charge < -0.3 is 18.8 Å². The monoisotopic (exact) mass is 449 g/mol. The van der Waals surface area contributed by atoms with Gasteiger partial charge in [-0.15, -0.1) is 0 Å². The van der Waals surface area contributed by atoms with E-state index in [2.05, 4.69) is 41.1 Å². The second-order valence-corrected chi connectivity index (χ2v) is 9.01. The number of hydrogen-bond donors (Lipinski definition) is 0. The van der Waals surface area contributed by atoms with Crippen LogP contribution in [-0.4, -0.2) is 46.9 Å². The fourth-order valence-electron chi connectivity index (χ4n) is 4.27. The number of aromatic nitrogens is 2. The van der Waals surface area contributed by atoms with Crippen LogP contribution in [0.5, 0.6) is 11.5 Å². The van der Waals surface area contributed by atoms with Crippen molar-refractivity contribution in [1.29, 1.82) is 0 Å². The Labute approximate surface area is 197 Å². The summed E-state index contributed by atoms with van der Waals surface area (Å²) in [5.41, 5.74) is 2.30. The van der Waals surface area contributed by atoms with E-state index in [1.165, 1.54) is 11.1 Å². The molecular weight excluding hydrogens is 414 g/mol. The second kappa shape index (κ2) is 10.9. The number of hydrogen-bond acceptors (Lipinski definition) is 5. The largest absolute Gasteiger partial charge is 0.491 e. The minimum atomic E-state index is -0.234. The summed E-state index contributed by atoms with van der Waals surface area (Å²) in [6.45, 7) is 6.12. The van der Waals surface area contributed by atoms with Gasteiger partial charge in [0.15, 0.2) is 0 Å². The summed E-state index contributed by atoms with van der Waals surface area (Å²) in [5, 5.41) is 0. The minimum absolute atomic E-state index is 0.234. The van der Waals surface area contributed by atoms with Crippen LogP contribution in [0.15, 0.2) is 60.9 Å². The third-order valence-electron chi connectivity index (χ3n) is 6.56. The summed E-state index contributed by atoms with van der Waals surface area (Å²) in [7, 11) is 3.79. The quantitative estimate of drug-likeness (QED) is 0.472. The predicted octanol–water partition coefficient (Wildman–Crippen LogP) is 4.76. The standard InChI is InChI=1S/C27H35N3O3/c1-22-5-9-25(10-6-22)33-21-27(31-3)13-4-16-30(17-14-27)19-23-7-11-24(12-8-23)32-20-26-28-15-18-29(26)2/h5-12,15,18H,4,13-14,16-17,19-21H2,1-3H3. The van der Waals surface area contributed by atoms with Gasteiger partial charge in [-0.3, -0.25) is 4.90 Å². The lowest BCUT2D eigenvalue weighted by atomic mass is 9.95. The van der Waals surface area contributed by atoms with Crippen molar-refractivity contribution in [3.8, 4) is 11.5 Å². The Bertz CT molecular complexity index is 1000. The van der Waals surface area contributed by atoms with Crippen molar-refractivity contribution in [1.82, 2.24) is 14.5 Å². The number of rotatable bonds is 9.